The predicted octanol–water partition coefficient (Wildman–Crippen LogP) is 4.29. The molecule has 0 saturated carbocycles. The Hall–Kier alpha value is -1.66. The molecule has 0 heterocycles. The van der Waals surface area contributed by atoms with Crippen molar-refractivity contribution in [3.05, 3.63) is 35.9 Å². The summed E-state index contributed by atoms with van der Waals surface area (Å²) in [6.07, 6.45) is 8.66. The Morgan fingerprint density at radius 3 is 2.35 bits per heavy atom. The zero-order valence-electron chi connectivity index (χ0n) is 16.4. The first kappa shape index (κ1) is 22.4. The minimum Gasteiger partial charge on any atom is -0.459 e. The van der Waals surface area contributed by atoms with E-state index in [-0.39, 0.29) is 4.90 Å². The van der Waals surface area contributed by atoms with Gasteiger partial charge in [-0.05, 0) is 58.2 Å². The second-order valence-corrected chi connectivity index (χ2v) is 9.06. The normalized spacial score (nSPS) is 13.7. The first-order chi connectivity index (χ1) is 12.0. The smallest absolute Gasteiger partial charge is 0.324 e. The van der Waals surface area contributed by atoms with E-state index in [0.29, 0.717) is 0 Å². The van der Waals surface area contributed by atoms with Crippen LogP contribution in [0.3, 0.4) is 0 Å². The molecule has 26 heavy (non-hydrogen) atoms. The van der Waals surface area contributed by atoms with Crippen molar-refractivity contribution in [2.24, 2.45) is 0 Å². The zero-order valence-corrected chi connectivity index (χ0v) is 17.2. The van der Waals surface area contributed by atoms with E-state index in [0.717, 1.165) is 18.4 Å². The summed E-state index contributed by atoms with van der Waals surface area (Å²) < 4.78 is 32.4. The first-order valence-corrected chi connectivity index (χ1v) is 10.6. The van der Waals surface area contributed by atoms with Crippen LogP contribution in [0.4, 0.5) is 0 Å². The first-order valence-electron chi connectivity index (χ1n) is 9.07. The molecule has 5 nitrogen and oxygen atoms in total. The Bertz CT molecular complexity index is 700. The molecule has 0 aliphatic carbocycles. The van der Waals surface area contributed by atoms with Crippen LogP contribution in [-0.4, -0.2) is 26.0 Å². The Balaban J connectivity index is 2.70. The van der Waals surface area contributed by atoms with E-state index in [2.05, 4.69) is 17.7 Å². The summed E-state index contributed by atoms with van der Waals surface area (Å²) in [4.78, 5) is 12.1. The van der Waals surface area contributed by atoms with Crippen molar-refractivity contribution in [1.29, 1.82) is 0 Å². The summed E-state index contributed by atoms with van der Waals surface area (Å²) in [7, 11) is -3.78. The van der Waals surface area contributed by atoms with Gasteiger partial charge in [-0.2, -0.15) is 4.72 Å². The van der Waals surface area contributed by atoms with Gasteiger partial charge in [0.15, 0.2) is 0 Å². The van der Waals surface area contributed by atoms with Crippen molar-refractivity contribution in [1.82, 2.24) is 4.72 Å². The van der Waals surface area contributed by atoms with E-state index < -0.39 is 27.6 Å². The van der Waals surface area contributed by atoms with E-state index >= 15 is 0 Å². The Morgan fingerprint density at radius 1 is 1.19 bits per heavy atom. The Kier molecular flexibility index (Phi) is 8.50. The van der Waals surface area contributed by atoms with Gasteiger partial charge in [-0.25, -0.2) is 8.42 Å². The van der Waals surface area contributed by atoms with Gasteiger partial charge in [0.05, 0.1) is 4.90 Å². The maximum Gasteiger partial charge on any atom is 0.324 e. The minimum absolute atomic E-state index is 0.121. The minimum atomic E-state index is -3.78. The van der Waals surface area contributed by atoms with Gasteiger partial charge in [0.1, 0.15) is 11.6 Å². The highest BCUT2D eigenvalue weighted by molar-refractivity contribution is 7.89. The van der Waals surface area contributed by atoms with Crippen molar-refractivity contribution >= 4 is 22.1 Å². The molecular weight excluding hydrogens is 350 g/mol. The molecule has 0 fully saturated rings. The van der Waals surface area contributed by atoms with E-state index in [1.165, 1.54) is 31.9 Å². The summed E-state index contributed by atoms with van der Waals surface area (Å²) in [5.41, 5.74) is 0.280. The predicted molar refractivity (Wildman–Crippen MR) is 105 cm³/mol. The molecule has 1 N–H and O–H groups in total. The molecule has 0 bridgehead atoms. The number of allylic oxidation sites excluding steroid dienone is 1. The van der Waals surface area contributed by atoms with Crippen molar-refractivity contribution in [3.63, 3.8) is 0 Å². The van der Waals surface area contributed by atoms with Gasteiger partial charge < -0.3 is 4.74 Å². The average Bonchev–Trinajstić information content (AvgIpc) is 2.53. The summed E-state index contributed by atoms with van der Waals surface area (Å²) in [6.45, 7) is 8.85. The van der Waals surface area contributed by atoms with E-state index in [9.17, 15) is 13.2 Å². The van der Waals surface area contributed by atoms with Gasteiger partial charge in [0, 0.05) is 0 Å². The third-order valence-electron chi connectivity index (χ3n) is 3.57. The maximum absolute atomic E-state index is 12.4. The van der Waals surface area contributed by atoms with Crippen LogP contribution in [0.5, 0.6) is 0 Å². The van der Waals surface area contributed by atoms with Gasteiger partial charge in [-0.1, -0.05) is 44.1 Å². The largest absolute Gasteiger partial charge is 0.459 e. The third-order valence-corrected chi connectivity index (χ3v) is 5.12. The lowest BCUT2D eigenvalue weighted by Crippen LogP contribution is -2.42. The van der Waals surface area contributed by atoms with Crippen LogP contribution >= 0.6 is 0 Å². The Labute approximate surface area is 157 Å². The highest BCUT2D eigenvalue weighted by atomic mass is 32.2. The molecule has 0 aliphatic rings. The van der Waals surface area contributed by atoms with E-state index in [1.54, 1.807) is 32.9 Å². The van der Waals surface area contributed by atoms with Crippen molar-refractivity contribution in [2.75, 3.05) is 0 Å². The molecule has 0 radical (unpaired) electrons. The van der Waals surface area contributed by atoms with Crippen molar-refractivity contribution in [2.45, 2.75) is 76.8 Å². The number of nitrogens with one attached hydrogen (secondary N) is 1. The lowest BCUT2D eigenvalue weighted by Gasteiger charge is -2.22. The molecule has 146 valence electrons. The molecule has 1 rings (SSSR count). The SMILES string of the molecule is CCCCC/C=C/c1ccc(S(=O)(=O)N[C@H](C)C(=O)OC(C)(C)C)cc1. The van der Waals surface area contributed by atoms with Crippen LogP contribution < -0.4 is 4.72 Å². The van der Waals surface area contributed by atoms with Crippen LogP contribution in [0.25, 0.3) is 6.08 Å². The Morgan fingerprint density at radius 2 is 1.81 bits per heavy atom. The van der Waals surface area contributed by atoms with Gasteiger partial charge >= 0.3 is 5.97 Å². The van der Waals surface area contributed by atoms with Crippen LogP contribution in [0.1, 0.15) is 65.9 Å². The van der Waals surface area contributed by atoms with Crippen molar-refractivity contribution in [3.8, 4) is 0 Å². The molecule has 1 aromatic carbocycles. The van der Waals surface area contributed by atoms with E-state index in [1.807, 2.05) is 6.08 Å². The maximum atomic E-state index is 12.4. The van der Waals surface area contributed by atoms with Crippen LogP contribution in [0.2, 0.25) is 0 Å². The number of sulfonamides is 1. The lowest BCUT2D eigenvalue weighted by atomic mass is 10.1. The number of esters is 1. The highest BCUT2D eigenvalue weighted by Gasteiger charge is 2.26. The molecule has 1 atom stereocenters. The number of benzene rings is 1. The molecule has 0 amide bonds. The molecule has 0 saturated heterocycles. The standard InChI is InChI=1S/C20H31NO4S/c1-6-7-8-9-10-11-17-12-14-18(15-13-17)26(23,24)21-16(2)19(22)25-20(3,4)5/h10-16,21H,6-9H2,1-5H3/b11-10+/t16-/m1/s1. The topological polar surface area (TPSA) is 72.5 Å². The summed E-state index contributed by atoms with van der Waals surface area (Å²) >= 11 is 0. The number of hydrogen-bond donors (Lipinski definition) is 1. The fourth-order valence-corrected chi connectivity index (χ4v) is 3.42. The molecular formula is C20H31NO4S. The molecule has 6 heteroatoms. The zero-order chi connectivity index (χ0) is 19.8. The number of carbonyl (C=O) groups excluding carboxylic acids is 1. The summed E-state index contributed by atoms with van der Waals surface area (Å²) in [5, 5.41) is 0. The monoisotopic (exact) mass is 381 g/mol. The number of hydrogen-bond acceptors (Lipinski definition) is 4. The molecule has 0 spiro atoms. The lowest BCUT2D eigenvalue weighted by molar-refractivity contribution is -0.156. The van der Waals surface area contributed by atoms with Crippen LogP contribution in [-0.2, 0) is 19.6 Å². The van der Waals surface area contributed by atoms with Gasteiger partial charge in [-0.3, -0.25) is 4.79 Å². The second-order valence-electron chi connectivity index (χ2n) is 7.34. The molecule has 1 aromatic rings. The fourth-order valence-electron chi connectivity index (χ4n) is 2.23. The van der Waals surface area contributed by atoms with Crippen molar-refractivity contribution < 1.29 is 17.9 Å². The third kappa shape index (κ3) is 8.15. The number of unbranched alkanes of at least 4 members (excludes halogenated alkanes) is 3. The quantitative estimate of drug-likeness (QED) is 0.512. The van der Waals surface area contributed by atoms with Crippen LogP contribution in [0.15, 0.2) is 35.2 Å². The summed E-state index contributed by atoms with van der Waals surface area (Å²) in [5.74, 6) is -0.604. The molecule has 0 unspecified atom stereocenters. The number of carbonyl (C=O) groups is 1. The fraction of sp³-hybridized carbons (Fsp3) is 0.550. The average molecular weight is 382 g/mol. The number of ether oxygens (including phenoxy) is 1. The summed E-state index contributed by atoms with van der Waals surface area (Å²) in [6, 6.07) is 5.62. The second kappa shape index (κ2) is 9.88. The van der Waals surface area contributed by atoms with Gasteiger partial charge in [-0.15, -0.1) is 0 Å². The van der Waals surface area contributed by atoms with E-state index in [4.69, 9.17) is 4.74 Å². The highest BCUT2D eigenvalue weighted by Crippen LogP contribution is 2.14. The van der Waals surface area contributed by atoms with Gasteiger partial charge in [0.25, 0.3) is 0 Å². The molecule has 0 aliphatic heterocycles. The van der Waals surface area contributed by atoms with Gasteiger partial charge in [0.2, 0.25) is 10.0 Å². The van der Waals surface area contributed by atoms with Crippen LogP contribution in [0, 0.1) is 0 Å². The molecule has 0 aromatic heterocycles. The number of rotatable bonds is 9.